The molecule has 0 aromatic carbocycles. The lowest BCUT2D eigenvalue weighted by Crippen LogP contribution is -2.40. The topological polar surface area (TPSA) is 58.6 Å². The molecular weight excluding hydrogens is 208 g/mol. The van der Waals surface area contributed by atoms with E-state index < -0.39 is 0 Å². The Morgan fingerprint density at radius 2 is 2.00 bits per heavy atom. The second-order valence-electron chi connectivity index (χ2n) is 4.15. The fourth-order valence-corrected chi connectivity index (χ4v) is 1.75. The molecule has 0 saturated carbocycles. The molecule has 1 saturated heterocycles. The highest BCUT2D eigenvalue weighted by Gasteiger charge is 2.18. The monoisotopic (exact) mass is 228 g/mol. The van der Waals surface area contributed by atoms with E-state index in [4.69, 9.17) is 0 Å². The molecule has 1 aliphatic rings. The number of carbonyl (C=O) groups is 2. The second kappa shape index (κ2) is 6.48. The van der Waals surface area contributed by atoms with Crippen LogP contribution in [0.1, 0.15) is 26.2 Å². The molecule has 1 unspecified atom stereocenters. The van der Waals surface area contributed by atoms with Crippen LogP contribution in [0.5, 0.6) is 0 Å². The van der Waals surface area contributed by atoms with Crippen molar-refractivity contribution in [2.45, 2.75) is 32.2 Å². The summed E-state index contributed by atoms with van der Waals surface area (Å²) in [5, 5.41) is 3.03. The minimum atomic E-state index is -0.256. The number of likely N-dealkylation sites (tertiary alicyclic amines) is 1. The van der Waals surface area contributed by atoms with Gasteiger partial charge < -0.3 is 15.0 Å². The lowest BCUT2D eigenvalue weighted by atomic mass is 10.2. The van der Waals surface area contributed by atoms with Crippen LogP contribution >= 0.6 is 0 Å². The van der Waals surface area contributed by atoms with Crippen molar-refractivity contribution in [3.05, 3.63) is 0 Å². The zero-order valence-corrected chi connectivity index (χ0v) is 9.99. The van der Waals surface area contributed by atoms with Gasteiger partial charge in [0.25, 0.3) is 0 Å². The number of nitrogens with zero attached hydrogens (tertiary/aromatic N) is 1. The van der Waals surface area contributed by atoms with Gasteiger partial charge in [-0.3, -0.25) is 9.59 Å². The zero-order chi connectivity index (χ0) is 12.0. The number of carbonyl (C=O) groups excluding carboxylic acids is 2. The Bertz CT molecular complexity index is 250. The first-order chi connectivity index (χ1) is 7.63. The minimum absolute atomic E-state index is 0.0287. The Balaban J connectivity index is 2.17. The summed E-state index contributed by atoms with van der Waals surface area (Å²) < 4.78 is 4.55. The summed E-state index contributed by atoms with van der Waals surface area (Å²) in [5.74, 6) is -0.136. The summed E-state index contributed by atoms with van der Waals surface area (Å²) in [7, 11) is 1.37. The van der Waals surface area contributed by atoms with Gasteiger partial charge in [0.05, 0.1) is 20.1 Å². The minimum Gasteiger partial charge on any atom is -0.469 e. The van der Waals surface area contributed by atoms with Gasteiger partial charge in [0.2, 0.25) is 5.91 Å². The SMILES string of the molecule is COC(=O)CC(C)NCC(=O)N1CCCC1. The number of methoxy groups -OCH3 is 1. The molecule has 1 N–H and O–H groups in total. The van der Waals surface area contributed by atoms with Gasteiger partial charge in [-0.1, -0.05) is 0 Å². The predicted molar refractivity (Wildman–Crippen MR) is 59.9 cm³/mol. The van der Waals surface area contributed by atoms with Crippen LogP contribution in [0.4, 0.5) is 0 Å². The number of rotatable bonds is 5. The molecule has 1 amide bonds. The van der Waals surface area contributed by atoms with Crippen molar-refractivity contribution in [2.24, 2.45) is 0 Å². The summed E-state index contributed by atoms with van der Waals surface area (Å²) >= 11 is 0. The van der Waals surface area contributed by atoms with Gasteiger partial charge in [0.1, 0.15) is 0 Å². The maximum atomic E-state index is 11.7. The van der Waals surface area contributed by atoms with Gasteiger partial charge in [-0.2, -0.15) is 0 Å². The molecule has 1 aliphatic heterocycles. The zero-order valence-electron chi connectivity index (χ0n) is 9.99. The highest BCUT2D eigenvalue weighted by atomic mass is 16.5. The highest BCUT2D eigenvalue weighted by Crippen LogP contribution is 2.06. The Morgan fingerprint density at radius 1 is 1.38 bits per heavy atom. The molecule has 1 rings (SSSR count). The van der Waals surface area contributed by atoms with Crippen molar-refractivity contribution in [3.63, 3.8) is 0 Å². The molecule has 1 atom stereocenters. The third-order valence-electron chi connectivity index (χ3n) is 2.76. The molecule has 1 heterocycles. The average molecular weight is 228 g/mol. The first-order valence-corrected chi connectivity index (χ1v) is 5.71. The molecule has 0 bridgehead atoms. The molecule has 0 aromatic heterocycles. The van der Waals surface area contributed by atoms with E-state index in [-0.39, 0.29) is 17.9 Å². The number of nitrogens with one attached hydrogen (secondary N) is 1. The Hall–Kier alpha value is -1.10. The Kier molecular flexibility index (Phi) is 5.25. The van der Waals surface area contributed by atoms with Crippen LogP contribution in [0.15, 0.2) is 0 Å². The van der Waals surface area contributed by atoms with Crippen molar-refractivity contribution in [3.8, 4) is 0 Å². The van der Waals surface area contributed by atoms with Crippen molar-refractivity contribution in [2.75, 3.05) is 26.7 Å². The van der Waals surface area contributed by atoms with Gasteiger partial charge in [0, 0.05) is 19.1 Å². The van der Waals surface area contributed by atoms with Crippen LogP contribution in [0.25, 0.3) is 0 Å². The van der Waals surface area contributed by atoms with Crippen LogP contribution in [0.3, 0.4) is 0 Å². The molecule has 16 heavy (non-hydrogen) atoms. The maximum absolute atomic E-state index is 11.7. The lowest BCUT2D eigenvalue weighted by molar-refractivity contribution is -0.141. The van der Waals surface area contributed by atoms with E-state index in [1.165, 1.54) is 7.11 Å². The number of hydrogen-bond donors (Lipinski definition) is 1. The van der Waals surface area contributed by atoms with Crippen molar-refractivity contribution >= 4 is 11.9 Å². The first kappa shape index (κ1) is 13.0. The van der Waals surface area contributed by atoms with Gasteiger partial charge in [-0.25, -0.2) is 0 Å². The van der Waals surface area contributed by atoms with E-state index in [0.29, 0.717) is 13.0 Å². The normalized spacial score (nSPS) is 17.2. The number of amides is 1. The lowest BCUT2D eigenvalue weighted by Gasteiger charge is -2.17. The van der Waals surface area contributed by atoms with Crippen LogP contribution in [0, 0.1) is 0 Å². The molecule has 5 heteroatoms. The van der Waals surface area contributed by atoms with E-state index in [0.717, 1.165) is 25.9 Å². The number of hydrogen-bond acceptors (Lipinski definition) is 4. The fraction of sp³-hybridized carbons (Fsp3) is 0.818. The molecule has 1 fully saturated rings. The molecule has 0 spiro atoms. The summed E-state index contributed by atoms with van der Waals surface area (Å²) in [6.45, 7) is 3.91. The number of esters is 1. The highest BCUT2D eigenvalue weighted by molar-refractivity contribution is 5.78. The van der Waals surface area contributed by atoms with E-state index in [9.17, 15) is 9.59 Å². The Morgan fingerprint density at radius 3 is 2.56 bits per heavy atom. The van der Waals surface area contributed by atoms with Gasteiger partial charge in [-0.15, -0.1) is 0 Å². The summed E-state index contributed by atoms with van der Waals surface area (Å²) in [5.41, 5.74) is 0. The van der Waals surface area contributed by atoms with Gasteiger partial charge in [-0.05, 0) is 19.8 Å². The van der Waals surface area contributed by atoms with Crippen LogP contribution in [0.2, 0.25) is 0 Å². The third kappa shape index (κ3) is 4.18. The molecular formula is C11H20N2O3. The predicted octanol–water partition coefficient (Wildman–Crippen LogP) is 0.150. The first-order valence-electron chi connectivity index (χ1n) is 5.71. The largest absolute Gasteiger partial charge is 0.469 e. The molecule has 0 radical (unpaired) electrons. The smallest absolute Gasteiger partial charge is 0.307 e. The molecule has 0 aliphatic carbocycles. The summed E-state index contributed by atoms with van der Waals surface area (Å²) in [6.07, 6.45) is 2.50. The van der Waals surface area contributed by atoms with E-state index in [2.05, 4.69) is 10.1 Å². The average Bonchev–Trinajstić information content (AvgIpc) is 2.79. The van der Waals surface area contributed by atoms with E-state index in [1.54, 1.807) is 0 Å². The van der Waals surface area contributed by atoms with Crippen molar-refractivity contribution < 1.29 is 14.3 Å². The van der Waals surface area contributed by atoms with Crippen LogP contribution < -0.4 is 5.32 Å². The molecule has 92 valence electrons. The quantitative estimate of drug-likeness (QED) is 0.680. The van der Waals surface area contributed by atoms with Crippen molar-refractivity contribution in [1.29, 1.82) is 0 Å². The van der Waals surface area contributed by atoms with Crippen LogP contribution in [-0.2, 0) is 14.3 Å². The second-order valence-corrected chi connectivity index (χ2v) is 4.15. The summed E-state index contributed by atoms with van der Waals surface area (Å²) in [4.78, 5) is 24.5. The summed E-state index contributed by atoms with van der Waals surface area (Å²) in [6, 6.07) is -0.0287. The third-order valence-corrected chi connectivity index (χ3v) is 2.76. The van der Waals surface area contributed by atoms with Gasteiger partial charge >= 0.3 is 5.97 Å². The van der Waals surface area contributed by atoms with Gasteiger partial charge in [0.15, 0.2) is 0 Å². The fourth-order valence-electron chi connectivity index (χ4n) is 1.75. The standard InChI is InChI=1S/C11H20N2O3/c1-9(7-11(15)16-2)12-8-10(14)13-5-3-4-6-13/h9,12H,3-8H2,1-2H3. The van der Waals surface area contributed by atoms with E-state index in [1.807, 2.05) is 11.8 Å². The molecule has 0 aromatic rings. The van der Waals surface area contributed by atoms with E-state index >= 15 is 0 Å². The van der Waals surface area contributed by atoms with Crippen molar-refractivity contribution in [1.82, 2.24) is 10.2 Å². The maximum Gasteiger partial charge on any atom is 0.307 e. The Labute approximate surface area is 96.1 Å². The van der Waals surface area contributed by atoms with Crippen LogP contribution in [-0.4, -0.2) is 49.6 Å². The molecule has 5 nitrogen and oxygen atoms in total. The number of ether oxygens (including phenoxy) is 1.